The van der Waals surface area contributed by atoms with Crippen molar-refractivity contribution in [2.45, 2.75) is 158 Å². The van der Waals surface area contributed by atoms with Gasteiger partial charge in [-0.2, -0.15) is 61.6 Å². The molecule has 0 spiro atoms. The van der Waals surface area contributed by atoms with Crippen LogP contribution < -0.4 is 30.2 Å². The van der Waals surface area contributed by atoms with E-state index in [-0.39, 0.29) is 85.1 Å². The third-order valence-electron chi connectivity index (χ3n) is 18.6. The van der Waals surface area contributed by atoms with Crippen molar-refractivity contribution in [2.75, 3.05) is 102 Å². The average molecular weight is 1470 g/mol. The third-order valence-corrected chi connectivity index (χ3v) is 22.7. The standard InChI is InChI=1S/C62H88N10O21S5/c1-5-6-7-8-16-53(73)63-44-21-30-69(31-22-44)59-65-58(68-28-19-42(20-29-68)56(75)76)66-60(67-59)70-32-23-45(24-33-70)64-55(74)43-39-47(57(77)93-34-13-38-97(87,88)89)54-50(40-43)72(27-12-37-96(84,85)86)51(61(54,2)3)14-9-15-52-62(4,25-10-35-94(78,79)80)48-41-46(98(90,91)92)17-18-49(48)71(52)26-11-36-95(81,82)83/h9,14-15,17-18,39-42,44-45H,5-8,10-13,16,19-38H2,1-4H3,(H7-,63,64,73,74,75,76,78,79,80,81,82,83,84,85,86,87,88,89,90,91,92)/p+1. The first-order chi connectivity index (χ1) is 45.8. The number of carbonyl (C=O) groups is 4. The fourth-order valence-electron chi connectivity index (χ4n) is 13.6. The second-order valence-electron chi connectivity index (χ2n) is 26.3. The number of ether oxygens (including phenoxy) is 1. The molecule has 0 saturated carbocycles. The predicted octanol–water partition coefficient (Wildman–Crippen LogP) is 5.13. The third kappa shape index (κ3) is 20.5. The topological polar surface area (TPSA) is 448 Å². The minimum absolute atomic E-state index is 0.0128. The molecule has 5 aliphatic heterocycles. The Morgan fingerprint density at radius 1 is 0.653 bits per heavy atom. The summed E-state index contributed by atoms with van der Waals surface area (Å²) in [5.41, 5.74) is -1.09. The van der Waals surface area contributed by atoms with Crippen LogP contribution >= 0.6 is 0 Å². The summed E-state index contributed by atoms with van der Waals surface area (Å²) < 4.78 is 177. The molecule has 1 unspecified atom stereocenters. The van der Waals surface area contributed by atoms with Crippen molar-refractivity contribution in [3.63, 3.8) is 0 Å². The Morgan fingerprint density at radius 2 is 1.18 bits per heavy atom. The number of aromatic nitrogens is 3. The number of nitrogens with one attached hydrogen (secondary N) is 2. The van der Waals surface area contributed by atoms with Crippen LogP contribution in [0.3, 0.4) is 0 Å². The summed E-state index contributed by atoms with van der Waals surface area (Å²) in [6.45, 7) is 9.04. The van der Waals surface area contributed by atoms with Crippen molar-refractivity contribution in [1.29, 1.82) is 0 Å². The summed E-state index contributed by atoms with van der Waals surface area (Å²) in [6.07, 6.45) is 11.0. The first kappa shape index (κ1) is 77.0. The van der Waals surface area contributed by atoms with Crippen LogP contribution in [-0.4, -0.2) is 213 Å². The minimum atomic E-state index is -4.83. The summed E-state index contributed by atoms with van der Waals surface area (Å²) in [4.78, 5) is 75.9. The van der Waals surface area contributed by atoms with E-state index in [1.165, 1.54) is 24.3 Å². The Bertz CT molecular complexity index is 4170. The second kappa shape index (κ2) is 31.8. The molecule has 0 radical (unpaired) electrons. The lowest BCUT2D eigenvalue weighted by atomic mass is 9.77. The zero-order chi connectivity index (χ0) is 71.8. The van der Waals surface area contributed by atoms with E-state index in [1.807, 2.05) is 9.80 Å². The number of unbranched alkanes of at least 4 members (excludes halogenated alkanes) is 3. The van der Waals surface area contributed by atoms with Gasteiger partial charge < -0.3 is 40.1 Å². The van der Waals surface area contributed by atoms with Gasteiger partial charge in [0.15, 0.2) is 5.71 Å². The molecule has 1 aromatic heterocycles. The van der Waals surface area contributed by atoms with Crippen LogP contribution in [0.1, 0.15) is 162 Å². The molecule has 5 aliphatic rings. The number of allylic oxidation sites excluding steroid dienone is 4. The van der Waals surface area contributed by atoms with Crippen LogP contribution in [0.25, 0.3) is 0 Å². The minimum Gasteiger partial charge on any atom is -0.481 e. The van der Waals surface area contributed by atoms with Gasteiger partial charge in [-0.05, 0) is 127 Å². The van der Waals surface area contributed by atoms with Gasteiger partial charge in [-0.1, -0.05) is 32.3 Å². The molecule has 3 fully saturated rings. The molecule has 3 saturated heterocycles. The second-order valence-corrected chi connectivity index (χ2v) is 34.0. The van der Waals surface area contributed by atoms with Gasteiger partial charge in [-0.3, -0.25) is 37.1 Å². The van der Waals surface area contributed by atoms with Gasteiger partial charge in [-0.25, -0.2) is 4.79 Å². The Hall–Kier alpha value is -6.77. The molecule has 98 heavy (non-hydrogen) atoms. The zero-order valence-corrected chi connectivity index (χ0v) is 59.4. The number of anilines is 4. The Balaban J connectivity index is 1.12. The molecule has 2 aromatic carbocycles. The molecule has 8 N–H and O–H groups in total. The first-order valence-corrected chi connectivity index (χ1v) is 40.7. The van der Waals surface area contributed by atoms with Gasteiger partial charge in [0.2, 0.25) is 29.4 Å². The monoisotopic (exact) mass is 1470 g/mol. The van der Waals surface area contributed by atoms with Crippen molar-refractivity contribution in [2.24, 2.45) is 5.92 Å². The Labute approximate surface area is 572 Å². The van der Waals surface area contributed by atoms with Crippen molar-refractivity contribution in [1.82, 2.24) is 25.6 Å². The SMILES string of the molecule is CCCCCCC(=O)NC1CCN(c2nc(N3CCC(NC(=O)c4cc(C(=O)OCCCS(=O)(=O)O)c5c(c4)[N+](CCCS(=O)(=O)O)=C(/C=C/C=C4/N(CCCS(=O)(=O)O)c6ccc(S(=O)(=O)O)cc6C4(C)CCCS(=O)(=O)O)C5(C)C)CC3)nc(N3CCC(C(=O)O)CC3)n2)CC1. The number of carbonyl (C=O) groups excluding carboxylic acids is 3. The largest absolute Gasteiger partial charge is 0.481 e. The molecule has 2 amide bonds. The molecule has 31 nitrogen and oxygen atoms in total. The van der Waals surface area contributed by atoms with E-state index >= 15 is 0 Å². The van der Waals surface area contributed by atoms with Crippen molar-refractivity contribution in [3.05, 3.63) is 76.5 Å². The number of fused-ring (bicyclic) bond motifs is 2. The van der Waals surface area contributed by atoms with Crippen molar-refractivity contribution in [3.8, 4) is 0 Å². The fourth-order valence-corrected chi connectivity index (χ4v) is 16.1. The van der Waals surface area contributed by atoms with Crippen LogP contribution in [-0.2, 0) is 75.7 Å². The van der Waals surface area contributed by atoms with E-state index in [1.54, 1.807) is 48.5 Å². The highest BCUT2D eigenvalue weighted by atomic mass is 32.2. The van der Waals surface area contributed by atoms with Gasteiger partial charge >= 0.3 is 11.9 Å². The number of amides is 2. The van der Waals surface area contributed by atoms with Crippen LogP contribution in [0.15, 0.2) is 59.2 Å². The normalized spacial score (nSPS) is 19.5. The highest BCUT2D eigenvalue weighted by molar-refractivity contribution is 7.86. The number of rotatable bonds is 32. The number of carboxylic acid groups (broad SMARTS) is 1. The fraction of sp³-hybridized carbons (Fsp3) is 0.613. The lowest BCUT2D eigenvalue weighted by Gasteiger charge is -2.36. The molecule has 542 valence electrons. The summed E-state index contributed by atoms with van der Waals surface area (Å²) in [5, 5.41) is 16.0. The first-order valence-electron chi connectivity index (χ1n) is 32.8. The molecule has 1 atom stereocenters. The van der Waals surface area contributed by atoms with E-state index in [0.717, 1.165) is 31.7 Å². The summed E-state index contributed by atoms with van der Waals surface area (Å²) in [7, 11) is -22.9. The average Bonchev–Trinajstić information content (AvgIpc) is 1.62. The number of piperidine rings is 3. The summed E-state index contributed by atoms with van der Waals surface area (Å²) in [5.74, 6) is -4.68. The maximum Gasteiger partial charge on any atom is 0.338 e. The summed E-state index contributed by atoms with van der Waals surface area (Å²) in [6, 6.07) is 6.02. The number of hydrogen-bond acceptors (Lipinski definition) is 22. The Morgan fingerprint density at radius 3 is 1.72 bits per heavy atom. The van der Waals surface area contributed by atoms with Crippen molar-refractivity contribution < 1.29 is 98.4 Å². The quantitative estimate of drug-likeness (QED) is 0.0174. The van der Waals surface area contributed by atoms with Gasteiger partial charge in [0.1, 0.15) is 6.54 Å². The number of benzene rings is 2. The number of esters is 1. The van der Waals surface area contributed by atoms with Gasteiger partial charge in [0.05, 0.1) is 57.0 Å². The van der Waals surface area contributed by atoms with E-state index in [4.69, 9.17) is 19.7 Å². The molecular weight excluding hydrogens is 1380 g/mol. The molecule has 36 heteroatoms. The lowest BCUT2D eigenvalue weighted by molar-refractivity contribution is -0.437. The van der Waals surface area contributed by atoms with Crippen LogP contribution in [0.5, 0.6) is 0 Å². The van der Waals surface area contributed by atoms with Gasteiger partial charge in [0, 0.05) is 105 Å². The molecule has 0 aliphatic carbocycles. The molecule has 3 aromatic rings. The van der Waals surface area contributed by atoms with E-state index < -0.39 is 126 Å². The van der Waals surface area contributed by atoms with E-state index in [0.29, 0.717) is 119 Å². The number of hydrogen-bond donors (Lipinski definition) is 8. The molecule has 8 rings (SSSR count). The highest BCUT2D eigenvalue weighted by Gasteiger charge is 2.49. The number of aliphatic carboxylic acids is 1. The number of carboxylic acids is 1. The van der Waals surface area contributed by atoms with Crippen LogP contribution in [0.2, 0.25) is 0 Å². The maximum atomic E-state index is 14.8. The summed E-state index contributed by atoms with van der Waals surface area (Å²) >= 11 is 0. The van der Waals surface area contributed by atoms with E-state index in [2.05, 4.69) is 22.5 Å². The van der Waals surface area contributed by atoms with Crippen LogP contribution in [0.4, 0.5) is 29.2 Å². The maximum absolute atomic E-state index is 14.8. The molecule has 6 heterocycles. The van der Waals surface area contributed by atoms with Gasteiger partial charge in [0.25, 0.3) is 56.5 Å². The lowest BCUT2D eigenvalue weighted by Crippen LogP contribution is -2.46. The zero-order valence-electron chi connectivity index (χ0n) is 55.3. The van der Waals surface area contributed by atoms with Crippen molar-refractivity contribution >= 4 is 109 Å². The Kier molecular flexibility index (Phi) is 25.0. The number of nitrogens with zero attached hydrogens (tertiary/aromatic N) is 8. The van der Waals surface area contributed by atoms with Gasteiger partial charge in [-0.15, -0.1) is 0 Å². The van der Waals surface area contributed by atoms with E-state index in [9.17, 15) is 89.1 Å². The van der Waals surface area contributed by atoms with Crippen LogP contribution in [0, 0.1) is 5.92 Å². The predicted molar refractivity (Wildman–Crippen MR) is 364 cm³/mol. The smallest absolute Gasteiger partial charge is 0.338 e. The highest BCUT2D eigenvalue weighted by Crippen LogP contribution is 2.52. The molecule has 0 bridgehead atoms. The molecular formula is C62H89N10O21S5+.